The molecule has 4 nitrogen and oxygen atoms in total. The van der Waals surface area contributed by atoms with Crippen LogP contribution in [0.3, 0.4) is 0 Å². The maximum absolute atomic E-state index is 13.6. The third-order valence-electron chi connectivity index (χ3n) is 3.35. The lowest BCUT2D eigenvalue weighted by Crippen LogP contribution is -2.17. The van der Waals surface area contributed by atoms with Crippen molar-refractivity contribution >= 4 is 23.5 Å². The van der Waals surface area contributed by atoms with E-state index in [0.717, 1.165) is 5.56 Å². The minimum atomic E-state index is -0.315. The molecule has 0 aliphatic rings. The van der Waals surface area contributed by atoms with E-state index >= 15 is 0 Å². The Morgan fingerprint density at radius 3 is 2.62 bits per heavy atom. The minimum absolute atomic E-state index is 0.136. The number of halogens is 1. The predicted molar refractivity (Wildman–Crippen MR) is 93.5 cm³/mol. The molecule has 0 fully saturated rings. The van der Waals surface area contributed by atoms with E-state index in [4.69, 9.17) is 0 Å². The first-order valence-electron chi connectivity index (χ1n) is 7.45. The molecule has 1 N–H and O–H groups in total. The minimum Gasteiger partial charge on any atom is -0.310 e. The Labute approximate surface area is 143 Å². The summed E-state index contributed by atoms with van der Waals surface area (Å²) in [4.78, 5) is 12.6. The fourth-order valence-corrected chi connectivity index (χ4v) is 2.94. The first-order valence-corrected chi connectivity index (χ1v) is 8.44. The van der Waals surface area contributed by atoms with Crippen molar-refractivity contribution < 1.29 is 9.18 Å². The van der Waals surface area contributed by atoms with Gasteiger partial charge in [-0.2, -0.15) is 5.10 Å². The standard InChI is InChI=1S/C18H16FN3OS/c19-15-8-4-5-9-16(15)24-13-18(23)21-17-10-11-20-22(17)12-14-6-2-1-3-7-14/h1-11H,12-13H2,(H,21,23). The van der Waals surface area contributed by atoms with Crippen molar-refractivity contribution in [1.29, 1.82) is 0 Å². The number of rotatable bonds is 6. The van der Waals surface area contributed by atoms with Crippen LogP contribution in [0.1, 0.15) is 5.56 Å². The Bertz CT molecular complexity index is 820. The summed E-state index contributed by atoms with van der Waals surface area (Å²) in [7, 11) is 0. The number of carbonyl (C=O) groups is 1. The largest absolute Gasteiger partial charge is 0.310 e. The Morgan fingerprint density at radius 2 is 1.83 bits per heavy atom. The van der Waals surface area contributed by atoms with Gasteiger partial charge in [-0.05, 0) is 17.7 Å². The molecule has 0 saturated heterocycles. The average molecular weight is 341 g/mol. The molecule has 0 spiro atoms. The second-order valence-corrected chi connectivity index (χ2v) is 6.14. The number of carbonyl (C=O) groups excluding carboxylic acids is 1. The molecule has 1 heterocycles. The lowest BCUT2D eigenvalue weighted by Gasteiger charge is -2.09. The summed E-state index contributed by atoms with van der Waals surface area (Å²) in [6, 6.07) is 18.0. The summed E-state index contributed by atoms with van der Waals surface area (Å²) in [5.74, 6) is 0.248. The molecule has 0 unspecified atom stereocenters. The second-order valence-electron chi connectivity index (χ2n) is 5.13. The molecule has 1 amide bonds. The van der Waals surface area contributed by atoms with Crippen molar-refractivity contribution in [1.82, 2.24) is 9.78 Å². The van der Waals surface area contributed by atoms with Crippen molar-refractivity contribution in [2.24, 2.45) is 0 Å². The molecule has 3 aromatic rings. The fourth-order valence-electron chi connectivity index (χ4n) is 2.21. The van der Waals surface area contributed by atoms with Crippen molar-refractivity contribution in [2.75, 3.05) is 11.1 Å². The first-order chi connectivity index (χ1) is 11.7. The highest BCUT2D eigenvalue weighted by atomic mass is 32.2. The normalized spacial score (nSPS) is 10.5. The van der Waals surface area contributed by atoms with Gasteiger partial charge in [0.2, 0.25) is 5.91 Å². The van der Waals surface area contributed by atoms with Gasteiger partial charge in [0.1, 0.15) is 11.6 Å². The summed E-state index contributed by atoms with van der Waals surface area (Å²) in [5, 5.41) is 7.05. The molecule has 0 aliphatic carbocycles. The predicted octanol–water partition coefficient (Wildman–Crippen LogP) is 3.80. The number of nitrogens with one attached hydrogen (secondary N) is 1. The summed E-state index contributed by atoms with van der Waals surface area (Å²) < 4.78 is 15.3. The molecule has 6 heteroatoms. The van der Waals surface area contributed by atoms with Crippen molar-refractivity contribution in [3.63, 3.8) is 0 Å². The van der Waals surface area contributed by atoms with Crippen molar-refractivity contribution in [2.45, 2.75) is 11.4 Å². The SMILES string of the molecule is O=C(CSc1ccccc1F)Nc1ccnn1Cc1ccccc1. The van der Waals surface area contributed by atoms with Crippen molar-refractivity contribution in [3.8, 4) is 0 Å². The summed E-state index contributed by atoms with van der Waals surface area (Å²) >= 11 is 1.17. The van der Waals surface area contributed by atoms with Gasteiger partial charge < -0.3 is 5.32 Å². The third-order valence-corrected chi connectivity index (χ3v) is 4.40. The molecule has 0 aliphatic heterocycles. The fraction of sp³-hybridized carbons (Fsp3) is 0.111. The number of benzene rings is 2. The highest BCUT2D eigenvalue weighted by Crippen LogP contribution is 2.21. The number of thioether (sulfide) groups is 1. The van der Waals surface area contributed by atoms with Crippen LogP contribution < -0.4 is 5.32 Å². The zero-order chi connectivity index (χ0) is 16.8. The van der Waals surface area contributed by atoms with E-state index in [2.05, 4.69) is 10.4 Å². The van der Waals surface area contributed by atoms with Crippen LogP contribution in [0.15, 0.2) is 71.8 Å². The maximum atomic E-state index is 13.6. The van der Waals surface area contributed by atoms with Gasteiger partial charge in [-0.25, -0.2) is 9.07 Å². The topological polar surface area (TPSA) is 46.9 Å². The highest BCUT2D eigenvalue weighted by molar-refractivity contribution is 8.00. The van der Waals surface area contributed by atoms with E-state index < -0.39 is 0 Å². The molecule has 0 radical (unpaired) electrons. The molecule has 122 valence electrons. The van der Waals surface area contributed by atoms with Crippen LogP contribution in [0.2, 0.25) is 0 Å². The highest BCUT2D eigenvalue weighted by Gasteiger charge is 2.10. The number of nitrogens with zero attached hydrogens (tertiary/aromatic N) is 2. The van der Waals surface area contributed by atoms with Crippen LogP contribution in [0.4, 0.5) is 10.2 Å². The van der Waals surface area contributed by atoms with E-state index in [-0.39, 0.29) is 17.5 Å². The number of aromatic nitrogens is 2. The summed E-state index contributed by atoms with van der Waals surface area (Å²) in [5.41, 5.74) is 1.09. The number of hydrogen-bond acceptors (Lipinski definition) is 3. The monoisotopic (exact) mass is 341 g/mol. The molecule has 0 saturated carbocycles. The van der Waals surface area contributed by atoms with Crippen LogP contribution in [0.25, 0.3) is 0 Å². The molecule has 24 heavy (non-hydrogen) atoms. The van der Waals surface area contributed by atoms with Crippen LogP contribution in [-0.2, 0) is 11.3 Å². The van der Waals surface area contributed by atoms with Gasteiger partial charge in [-0.15, -0.1) is 11.8 Å². The van der Waals surface area contributed by atoms with E-state index in [1.807, 2.05) is 30.3 Å². The van der Waals surface area contributed by atoms with Crippen LogP contribution in [0.5, 0.6) is 0 Å². The van der Waals surface area contributed by atoms with Gasteiger partial charge in [-0.1, -0.05) is 42.5 Å². The third kappa shape index (κ3) is 4.23. The van der Waals surface area contributed by atoms with Crippen LogP contribution in [0, 0.1) is 5.82 Å². The smallest absolute Gasteiger partial charge is 0.235 e. The molecule has 2 aromatic carbocycles. The van der Waals surface area contributed by atoms with Crippen molar-refractivity contribution in [3.05, 3.63) is 78.2 Å². The number of anilines is 1. The van der Waals surface area contributed by atoms with Gasteiger partial charge >= 0.3 is 0 Å². The van der Waals surface area contributed by atoms with E-state index in [9.17, 15) is 9.18 Å². The van der Waals surface area contributed by atoms with Crippen LogP contribution in [-0.4, -0.2) is 21.4 Å². The van der Waals surface area contributed by atoms with E-state index in [1.54, 1.807) is 35.1 Å². The quantitative estimate of drug-likeness (QED) is 0.694. The Kier molecular flexibility index (Phi) is 5.28. The first kappa shape index (κ1) is 16.3. The second kappa shape index (κ2) is 7.79. The summed E-state index contributed by atoms with van der Waals surface area (Å²) in [6.45, 7) is 0.573. The lowest BCUT2D eigenvalue weighted by molar-refractivity contribution is -0.113. The Balaban J connectivity index is 1.59. The molecule has 0 bridgehead atoms. The van der Waals surface area contributed by atoms with Crippen LogP contribution >= 0.6 is 11.8 Å². The summed E-state index contributed by atoms with van der Waals surface area (Å²) in [6.07, 6.45) is 1.64. The zero-order valence-electron chi connectivity index (χ0n) is 12.9. The maximum Gasteiger partial charge on any atom is 0.235 e. The lowest BCUT2D eigenvalue weighted by atomic mass is 10.2. The molecule has 3 rings (SSSR count). The molecule has 1 aromatic heterocycles. The van der Waals surface area contributed by atoms with Gasteiger partial charge in [-0.3, -0.25) is 4.79 Å². The van der Waals surface area contributed by atoms with E-state index in [1.165, 1.54) is 17.8 Å². The number of hydrogen-bond donors (Lipinski definition) is 1. The van der Waals surface area contributed by atoms with Gasteiger partial charge in [0.05, 0.1) is 18.5 Å². The Morgan fingerprint density at radius 1 is 1.08 bits per heavy atom. The molecular formula is C18H16FN3OS. The van der Waals surface area contributed by atoms with Gasteiger partial charge in [0.15, 0.2) is 0 Å². The molecule has 0 atom stereocenters. The molecular weight excluding hydrogens is 325 g/mol. The Hall–Kier alpha value is -2.60. The zero-order valence-corrected chi connectivity index (χ0v) is 13.7. The average Bonchev–Trinajstić information content (AvgIpc) is 3.02. The van der Waals surface area contributed by atoms with E-state index in [0.29, 0.717) is 17.3 Å². The van der Waals surface area contributed by atoms with Gasteiger partial charge in [0, 0.05) is 11.0 Å². The van der Waals surface area contributed by atoms with Gasteiger partial charge in [0.25, 0.3) is 0 Å². The number of amides is 1.